The van der Waals surface area contributed by atoms with Crippen molar-refractivity contribution in [2.75, 3.05) is 17.7 Å². The van der Waals surface area contributed by atoms with Gasteiger partial charge in [0.2, 0.25) is 5.88 Å². The fourth-order valence-electron chi connectivity index (χ4n) is 2.35. The van der Waals surface area contributed by atoms with Crippen molar-refractivity contribution in [2.45, 2.75) is 0 Å². The summed E-state index contributed by atoms with van der Waals surface area (Å²) in [7, 11) is 1.25. The Morgan fingerprint density at radius 3 is 2.37 bits per heavy atom. The summed E-state index contributed by atoms with van der Waals surface area (Å²) in [5, 5.41) is 10.6. The minimum atomic E-state index is -0.674. The van der Waals surface area contributed by atoms with Gasteiger partial charge in [-0.2, -0.15) is 0 Å². The molecule has 3 rings (SSSR count). The molecular formula is C18H13Cl2N3O3S. The molecule has 0 bridgehead atoms. The molecule has 0 aliphatic carbocycles. The van der Waals surface area contributed by atoms with Crippen LogP contribution in [0.4, 0.5) is 11.6 Å². The lowest BCUT2D eigenvalue weighted by atomic mass is 10.1. The van der Waals surface area contributed by atoms with Crippen LogP contribution in [0.3, 0.4) is 0 Å². The van der Waals surface area contributed by atoms with Crippen molar-refractivity contribution in [3.8, 4) is 11.3 Å². The number of anilines is 2. The summed E-state index contributed by atoms with van der Waals surface area (Å²) in [4.78, 5) is 12.3. The lowest BCUT2D eigenvalue weighted by Gasteiger charge is -2.09. The lowest BCUT2D eigenvalue weighted by Crippen LogP contribution is -2.20. The summed E-state index contributed by atoms with van der Waals surface area (Å²) >= 11 is 17.7. The Morgan fingerprint density at radius 2 is 1.74 bits per heavy atom. The van der Waals surface area contributed by atoms with E-state index in [1.165, 1.54) is 7.11 Å². The van der Waals surface area contributed by atoms with Gasteiger partial charge in [-0.25, -0.2) is 4.79 Å². The topological polar surface area (TPSA) is 76.4 Å². The number of aromatic nitrogens is 1. The standard InChI is InChI=1S/C18H13Cl2N3O3S/c1-25-17(24)14-15(13-11(19)8-5-9-12(13)20)23-26-16(14)22-18(27)21-10-6-3-2-4-7-10/h2-9H,1H3,(H2,21,22,27). The molecule has 0 fully saturated rings. The van der Waals surface area contributed by atoms with Gasteiger partial charge in [-0.15, -0.1) is 0 Å². The van der Waals surface area contributed by atoms with Crippen LogP contribution in [0.5, 0.6) is 0 Å². The number of para-hydroxylation sites is 1. The van der Waals surface area contributed by atoms with E-state index in [0.717, 1.165) is 5.69 Å². The van der Waals surface area contributed by atoms with E-state index in [-0.39, 0.29) is 22.3 Å². The molecule has 0 amide bonds. The number of halogens is 2. The second-order valence-electron chi connectivity index (χ2n) is 5.27. The predicted molar refractivity (Wildman–Crippen MR) is 110 cm³/mol. The third kappa shape index (κ3) is 4.21. The van der Waals surface area contributed by atoms with Gasteiger partial charge in [-0.05, 0) is 36.5 Å². The predicted octanol–water partition coefficient (Wildman–Crippen LogP) is 5.24. The van der Waals surface area contributed by atoms with Gasteiger partial charge in [-0.3, -0.25) is 0 Å². The summed E-state index contributed by atoms with van der Waals surface area (Å²) in [5.74, 6) is -0.659. The average molecular weight is 422 g/mol. The number of benzene rings is 2. The second-order valence-corrected chi connectivity index (χ2v) is 6.49. The summed E-state index contributed by atoms with van der Waals surface area (Å²) in [6.07, 6.45) is 0. The van der Waals surface area contributed by atoms with Gasteiger partial charge in [0, 0.05) is 11.3 Å². The maximum absolute atomic E-state index is 12.3. The molecule has 1 heterocycles. The van der Waals surface area contributed by atoms with Crippen LogP contribution in [0.25, 0.3) is 11.3 Å². The van der Waals surface area contributed by atoms with E-state index in [9.17, 15) is 4.79 Å². The van der Waals surface area contributed by atoms with E-state index in [1.54, 1.807) is 18.2 Å². The van der Waals surface area contributed by atoms with Gasteiger partial charge in [0.1, 0.15) is 5.69 Å². The molecule has 0 aliphatic rings. The fraction of sp³-hybridized carbons (Fsp3) is 0.0556. The van der Waals surface area contributed by atoms with Crippen molar-refractivity contribution < 1.29 is 14.1 Å². The second kappa shape index (κ2) is 8.39. The van der Waals surface area contributed by atoms with Gasteiger partial charge >= 0.3 is 5.97 Å². The highest BCUT2D eigenvalue weighted by atomic mass is 35.5. The highest BCUT2D eigenvalue weighted by Crippen LogP contribution is 2.38. The Kier molecular flexibility index (Phi) is 5.95. The molecule has 0 unspecified atom stereocenters. The van der Waals surface area contributed by atoms with E-state index in [1.807, 2.05) is 30.3 Å². The molecule has 6 nitrogen and oxygen atoms in total. The van der Waals surface area contributed by atoms with Crippen LogP contribution in [0.2, 0.25) is 10.0 Å². The molecule has 9 heteroatoms. The molecule has 27 heavy (non-hydrogen) atoms. The molecule has 3 aromatic rings. The van der Waals surface area contributed by atoms with Crippen LogP contribution < -0.4 is 10.6 Å². The normalized spacial score (nSPS) is 10.3. The number of esters is 1. The molecule has 0 spiro atoms. The molecule has 0 saturated heterocycles. The van der Waals surface area contributed by atoms with Crippen molar-refractivity contribution in [3.05, 3.63) is 64.1 Å². The van der Waals surface area contributed by atoms with Crippen LogP contribution in [0, 0.1) is 0 Å². The molecule has 0 radical (unpaired) electrons. The molecule has 0 atom stereocenters. The van der Waals surface area contributed by atoms with Gasteiger partial charge in [-0.1, -0.05) is 52.6 Å². The first-order valence-corrected chi connectivity index (χ1v) is 8.83. The molecule has 2 N–H and O–H groups in total. The van der Waals surface area contributed by atoms with Gasteiger partial charge < -0.3 is 19.9 Å². The summed E-state index contributed by atoms with van der Waals surface area (Å²) in [5.41, 5.74) is 1.32. The van der Waals surface area contributed by atoms with E-state index < -0.39 is 5.97 Å². The Hall–Kier alpha value is -2.61. The van der Waals surface area contributed by atoms with Crippen molar-refractivity contribution in [1.29, 1.82) is 0 Å². The van der Waals surface area contributed by atoms with Crippen molar-refractivity contribution in [1.82, 2.24) is 5.16 Å². The number of nitrogens with one attached hydrogen (secondary N) is 2. The number of hydrogen-bond donors (Lipinski definition) is 2. The van der Waals surface area contributed by atoms with E-state index in [2.05, 4.69) is 15.8 Å². The molecule has 0 aliphatic heterocycles. The molecule has 138 valence electrons. The van der Waals surface area contributed by atoms with E-state index in [0.29, 0.717) is 15.6 Å². The number of carbonyl (C=O) groups is 1. The smallest absolute Gasteiger partial charge is 0.345 e. The van der Waals surface area contributed by atoms with E-state index >= 15 is 0 Å². The fourth-order valence-corrected chi connectivity index (χ4v) is 3.14. The minimum absolute atomic E-state index is 0.0151. The van der Waals surface area contributed by atoms with E-state index in [4.69, 9.17) is 44.7 Å². The number of methoxy groups -OCH3 is 1. The third-order valence-corrected chi connectivity index (χ3v) is 4.37. The number of nitrogens with zero attached hydrogens (tertiary/aromatic N) is 1. The van der Waals surface area contributed by atoms with Crippen LogP contribution >= 0.6 is 35.4 Å². The van der Waals surface area contributed by atoms with Crippen molar-refractivity contribution in [2.24, 2.45) is 0 Å². The zero-order chi connectivity index (χ0) is 19.4. The Morgan fingerprint density at radius 1 is 1.07 bits per heavy atom. The number of ether oxygens (including phenoxy) is 1. The molecule has 2 aromatic carbocycles. The minimum Gasteiger partial charge on any atom is -0.465 e. The first-order chi connectivity index (χ1) is 13.0. The first kappa shape index (κ1) is 19.2. The maximum atomic E-state index is 12.3. The van der Waals surface area contributed by atoms with Crippen LogP contribution in [-0.2, 0) is 4.74 Å². The lowest BCUT2D eigenvalue weighted by molar-refractivity contribution is 0.0602. The van der Waals surface area contributed by atoms with Crippen molar-refractivity contribution in [3.63, 3.8) is 0 Å². The molecule has 0 saturated carbocycles. The Labute approximate surface area is 170 Å². The molecule has 1 aromatic heterocycles. The zero-order valence-electron chi connectivity index (χ0n) is 14.0. The number of carbonyl (C=O) groups excluding carboxylic acids is 1. The maximum Gasteiger partial charge on any atom is 0.345 e. The number of hydrogen-bond acceptors (Lipinski definition) is 5. The quantitative estimate of drug-likeness (QED) is 0.440. The zero-order valence-corrected chi connectivity index (χ0v) is 16.3. The van der Waals surface area contributed by atoms with Gasteiger partial charge in [0.25, 0.3) is 0 Å². The van der Waals surface area contributed by atoms with Gasteiger partial charge in [0.15, 0.2) is 10.7 Å². The number of rotatable bonds is 4. The van der Waals surface area contributed by atoms with Crippen LogP contribution in [0.15, 0.2) is 53.1 Å². The summed E-state index contributed by atoms with van der Waals surface area (Å²) in [6, 6.07) is 14.2. The molecular weight excluding hydrogens is 409 g/mol. The Balaban J connectivity index is 1.96. The largest absolute Gasteiger partial charge is 0.465 e. The monoisotopic (exact) mass is 421 g/mol. The third-order valence-electron chi connectivity index (χ3n) is 3.54. The van der Waals surface area contributed by atoms with Gasteiger partial charge in [0.05, 0.1) is 17.2 Å². The highest BCUT2D eigenvalue weighted by molar-refractivity contribution is 7.80. The average Bonchev–Trinajstić information content (AvgIpc) is 3.04. The first-order valence-electron chi connectivity index (χ1n) is 7.66. The number of thiocarbonyl (C=S) groups is 1. The summed E-state index contributed by atoms with van der Waals surface area (Å²) in [6.45, 7) is 0. The summed E-state index contributed by atoms with van der Waals surface area (Å²) < 4.78 is 10.1. The highest BCUT2D eigenvalue weighted by Gasteiger charge is 2.28. The Bertz CT molecular complexity index is 973. The SMILES string of the molecule is COC(=O)c1c(-c2c(Cl)cccc2Cl)noc1NC(=S)Nc1ccccc1. The van der Waals surface area contributed by atoms with Crippen LogP contribution in [0.1, 0.15) is 10.4 Å². The van der Waals surface area contributed by atoms with Crippen LogP contribution in [-0.4, -0.2) is 23.3 Å². The van der Waals surface area contributed by atoms with Crippen molar-refractivity contribution >= 4 is 58.1 Å².